The van der Waals surface area contributed by atoms with Crippen molar-refractivity contribution in [1.82, 2.24) is 5.43 Å². The number of rotatable bonds is 5. The molecule has 0 aliphatic heterocycles. The first kappa shape index (κ1) is 16.2. The van der Waals surface area contributed by atoms with Crippen molar-refractivity contribution < 1.29 is 9.53 Å². The Morgan fingerprint density at radius 1 is 1.27 bits per heavy atom. The molecule has 0 saturated carbocycles. The van der Waals surface area contributed by atoms with Crippen molar-refractivity contribution in [3.05, 3.63) is 63.6 Å². The summed E-state index contributed by atoms with van der Waals surface area (Å²) in [4.78, 5) is 11.8. The van der Waals surface area contributed by atoms with E-state index in [0.717, 1.165) is 26.9 Å². The van der Waals surface area contributed by atoms with Gasteiger partial charge in [0, 0.05) is 4.47 Å². The zero-order chi connectivity index (χ0) is 15.9. The second kappa shape index (κ2) is 7.75. The molecule has 0 aliphatic carbocycles. The lowest BCUT2D eigenvalue weighted by atomic mass is 10.1. The van der Waals surface area contributed by atoms with Crippen molar-refractivity contribution in [3.8, 4) is 5.75 Å². The molecule has 22 heavy (non-hydrogen) atoms. The number of ether oxygens (including phenoxy) is 1. The van der Waals surface area contributed by atoms with Gasteiger partial charge in [0.2, 0.25) is 5.91 Å². The maximum absolute atomic E-state index is 11.8. The van der Waals surface area contributed by atoms with Crippen molar-refractivity contribution in [2.75, 3.05) is 7.11 Å². The molecular weight excluding hydrogens is 344 g/mol. The van der Waals surface area contributed by atoms with Gasteiger partial charge < -0.3 is 4.74 Å². The summed E-state index contributed by atoms with van der Waals surface area (Å²) in [5.74, 6) is 0.611. The molecule has 0 fully saturated rings. The van der Waals surface area contributed by atoms with Crippen LogP contribution in [-0.2, 0) is 11.2 Å². The molecule has 2 aromatic rings. The third-order valence-electron chi connectivity index (χ3n) is 3.12. The Labute approximate surface area is 138 Å². The molecule has 4 nitrogen and oxygen atoms in total. The zero-order valence-corrected chi connectivity index (χ0v) is 14.1. The Morgan fingerprint density at radius 3 is 2.64 bits per heavy atom. The van der Waals surface area contributed by atoms with Crippen molar-refractivity contribution in [2.45, 2.75) is 13.3 Å². The maximum atomic E-state index is 11.8. The van der Waals surface area contributed by atoms with Crippen LogP contribution in [0.5, 0.6) is 5.75 Å². The SMILES string of the molecule is COc1ccc(CC(=O)N/N=C\c2ccc(C)c(Br)c2)cc1. The van der Waals surface area contributed by atoms with E-state index in [2.05, 4.69) is 26.5 Å². The minimum Gasteiger partial charge on any atom is -0.497 e. The second-order valence-electron chi connectivity index (χ2n) is 4.83. The molecule has 5 heteroatoms. The lowest BCUT2D eigenvalue weighted by molar-refractivity contribution is -0.120. The van der Waals surface area contributed by atoms with Gasteiger partial charge in [0.1, 0.15) is 5.75 Å². The van der Waals surface area contributed by atoms with Crippen LogP contribution in [0.15, 0.2) is 52.0 Å². The lowest BCUT2D eigenvalue weighted by Gasteiger charge is -2.03. The fourth-order valence-electron chi connectivity index (χ4n) is 1.84. The van der Waals surface area contributed by atoms with E-state index >= 15 is 0 Å². The van der Waals surface area contributed by atoms with Gasteiger partial charge in [-0.2, -0.15) is 5.10 Å². The highest BCUT2D eigenvalue weighted by Crippen LogP contribution is 2.16. The molecule has 0 bridgehead atoms. The third-order valence-corrected chi connectivity index (χ3v) is 3.98. The van der Waals surface area contributed by atoms with Gasteiger partial charge in [-0.3, -0.25) is 4.79 Å². The summed E-state index contributed by atoms with van der Waals surface area (Å²) >= 11 is 3.46. The van der Waals surface area contributed by atoms with Crippen LogP contribution in [0.2, 0.25) is 0 Å². The molecule has 0 saturated heterocycles. The number of nitrogens with one attached hydrogen (secondary N) is 1. The van der Waals surface area contributed by atoms with Crippen LogP contribution >= 0.6 is 15.9 Å². The number of aryl methyl sites for hydroxylation is 1. The number of carbonyl (C=O) groups is 1. The monoisotopic (exact) mass is 360 g/mol. The van der Waals surface area contributed by atoms with E-state index in [1.807, 2.05) is 49.4 Å². The molecule has 0 heterocycles. The molecule has 0 aromatic heterocycles. The molecule has 0 atom stereocenters. The second-order valence-corrected chi connectivity index (χ2v) is 5.68. The Hall–Kier alpha value is -2.14. The summed E-state index contributed by atoms with van der Waals surface area (Å²) in [7, 11) is 1.61. The first-order valence-corrected chi connectivity index (χ1v) is 7.59. The highest BCUT2D eigenvalue weighted by atomic mass is 79.9. The summed E-state index contributed by atoms with van der Waals surface area (Å²) in [5.41, 5.74) is 5.51. The minimum atomic E-state index is -0.160. The molecule has 0 spiro atoms. The number of halogens is 1. The number of hydrogen-bond acceptors (Lipinski definition) is 3. The van der Waals surface area contributed by atoms with Gasteiger partial charge in [-0.05, 0) is 41.8 Å². The first-order chi connectivity index (χ1) is 10.6. The summed E-state index contributed by atoms with van der Waals surface area (Å²) in [6.45, 7) is 2.02. The maximum Gasteiger partial charge on any atom is 0.244 e. The molecule has 2 aromatic carbocycles. The van der Waals surface area contributed by atoms with E-state index in [1.165, 1.54) is 0 Å². The quantitative estimate of drug-likeness (QED) is 0.655. The topological polar surface area (TPSA) is 50.7 Å². The van der Waals surface area contributed by atoms with Gasteiger partial charge in [0.05, 0.1) is 19.7 Å². The molecule has 0 unspecified atom stereocenters. The van der Waals surface area contributed by atoms with E-state index in [-0.39, 0.29) is 12.3 Å². The summed E-state index contributed by atoms with van der Waals surface area (Å²) in [5, 5.41) is 3.97. The average molecular weight is 361 g/mol. The highest BCUT2D eigenvalue weighted by Gasteiger charge is 2.02. The Morgan fingerprint density at radius 2 is 2.00 bits per heavy atom. The molecule has 1 amide bonds. The van der Waals surface area contributed by atoms with Crippen LogP contribution in [0.3, 0.4) is 0 Å². The number of methoxy groups -OCH3 is 1. The van der Waals surface area contributed by atoms with Gasteiger partial charge in [0.15, 0.2) is 0 Å². The Balaban J connectivity index is 1.88. The van der Waals surface area contributed by atoms with E-state index < -0.39 is 0 Å². The smallest absolute Gasteiger partial charge is 0.244 e. The van der Waals surface area contributed by atoms with E-state index in [4.69, 9.17) is 4.74 Å². The number of amides is 1. The Kier molecular flexibility index (Phi) is 5.72. The van der Waals surface area contributed by atoms with Gasteiger partial charge in [-0.1, -0.05) is 40.2 Å². The summed E-state index contributed by atoms with van der Waals surface area (Å²) < 4.78 is 6.09. The van der Waals surface area contributed by atoms with Gasteiger partial charge in [-0.15, -0.1) is 0 Å². The van der Waals surface area contributed by atoms with Crippen LogP contribution in [-0.4, -0.2) is 19.2 Å². The fraction of sp³-hybridized carbons (Fsp3) is 0.176. The number of benzene rings is 2. The van der Waals surface area contributed by atoms with Crippen LogP contribution in [0.1, 0.15) is 16.7 Å². The van der Waals surface area contributed by atoms with E-state index in [0.29, 0.717) is 0 Å². The number of hydrogen-bond donors (Lipinski definition) is 1. The van der Waals surface area contributed by atoms with Crippen molar-refractivity contribution >= 4 is 28.1 Å². The standard InChI is InChI=1S/C17H17BrN2O2/c1-12-3-4-14(9-16(12)18)11-19-20-17(21)10-13-5-7-15(22-2)8-6-13/h3-9,11H,10H2,1-2H3,(H,20,21)/b19-11-. The normalized spacial score (nSPS) is 10.7. The van der Waals surface area contributed by atoms with Crippen LogP contribution in [0, 0.1) is 6.92 Å². The van der Waals surface area contributed by atoms with Gasteiger partial charge in [-0.25, -0.2) is 5.43 Å². The van der Waals surface area contributed by atoms with Crippen LogP contribution < -0.4 is 10.2 Å². The van der Waals surface area contributed by atoms with E-state index in [9.17, 15) is 4.79 Å². The fourth-order valence-corrected chi connectivity index (χ4v) is 2.23. The van der Waals surface area contributed by atoms with Gasteiger partial charge >= 0.3 is 0 Å². The largest absolute Gasteiger partial charge is 0.497 e. The minimum absolute atomic E-state index is 0.160. The number of carbonyl (C=O) groups excluding carboxylic acids is 1. The Bertz CT molecular complexity index is 682. The molecule has 114 valence electrons. The predicted molar refractivity (Wildman–Crippen MR) is 91.3 cm³/mol. The number of nitrogens with zero attached hydrogens (tertiary/aromatic N) is 1. The summed E-state index contributed by atoms with van der Waals surface area (Å²) in [6.07, 6.45) is 1.90. The molecular formula is C17H17BrN2O2. The zero-order valence-electron chi connectivity index (χ0n) is 12.5. The van der Waals surface area contributed by atoms with Gasteiger partial charge in [0.25, 0.3) is 0 Å². The third kappa shape index (κ3) is 4.70. The van der Waals surface area contributed by atoms with Crippen molar-refractivity contribution in [1.29, 1.82) is 0 Å². The van der Waals surface area contributed by atoms with E-state index in [1.54, 1.807) is 13.3 Å². The first-order valence-electron chi connectivity index (χ1n) is 6.79. The molecule has 2 rings (SSSR count). The predicted octanol–water partition coefficient (Wildman–Crippen LogP) is 3.46. The average Bonchev–Trinajstić information content (AvgIpc) is 2.51. The summed E-state index contributed by atoms with van der Waals surface area (Å²) in [6, 6.07) is 13.3. The van der Waals surface area contributed by atoms with Crippen LogP contribution in [0.4, 0.5) is 0 Å². The molecule has 0 radical (unpaired) electrons. The molecule has 0 aliphatic rings. The van der Waals surface area contributed by atoms with Crippen molar-refractivity contribution in [2.24, 2.45) is 5.10 Å². The lowest BCUT2D eigenvalue weighted by Crippen LogP contribution is -2.19. The number of hydrazone groups is 1. The highest BCUT2D eigenvalue weighted by molar-refractivity contribution is 9.10. The molecule has 1 N–H and O–H groups in total. The van der Waals surface area contributed by atoms with Crippen LogP contribution in [0.25, 0.3) is 0 Å². The van der Waals surface area contributed by atoms with Crippen molar-refractivity contribution in [3.63, 3.8) is 0 Å².